The molecule has 0 amide bonds. The summed E-state index contributed by atoms with van der Waals surface area (Å²) in [5.41, 5.74) is 1.98. The fraction of sp³-hybridized carbons (Fsp3) is 0.500. The standard InChI is InChI=1S/C20H27ClO2/c1-19(2,12-22)10-14-5-8-17-15(9-14)6-7-16(18(17)21)11-20(3,4)13-23/h5-9,22-23H,10-13H2,1-4H3. The molecule has 23 heavy (non-hydrogen) atoms. The molecule has 0 heterocycles. The van der Waals surface area contributed by atoms with Gasteiger partial charge in [0.25, 0.3) is 0 Å². The Labute approximate surface area is 144 Å². The number of hydrogen-bond donors (Lipinski definition) is 2. The summed E-state index contributed by atoms with van der Waals surface area (Å²) >= 11 is 6.60. The predicted molar refractivity (Wildman–Crippen MR) is 98.1 cm³/mol. The maximum Gasteiger partial charge on any atom is 0.0516 e. The molecule has 3 heteroatoms. The summed E-state index contributed by atoms with van der Waals surface area (Å²) in [4.78, 5) is 0. The number of aliphatic hydroxyl groups excluding tert-OH is 2. The van der Waals surface area contributed by atoms with E-state index in [0.717, 1.165) is 34.2 Å². The molecule has 0 aliphatic rings. The molecule has 2 rings (SSSR count). The van der Waals surface area contributed by atoms with Crippen molar-refractivity contribution in [2.75, 3.05) is 13.2 Å². The molecule has 0 saturated heterocycles. The Hall–Kier alpha value is -1.09. The average molecular weight is 335 g/mol. The molecule has 0 aliphatic heterocycles. The van der Waals surface area contributed by atoms with E-state index in [1.54, 1.807) is 0 Å². The molecule has 0 spiro atoms. The fourth-order valence-corrected chi connectivity index (χ4v) is 3.11. The Balaban J connectivity index is 2.36. The van der Waals surface area contributed by atoms with Gasteiger partial charge in [-0.2, -0.15) is 0 Å². The number of fused-ring (bicyclic) bond motifs is 1. The van der Waals surface area contributed by atoms with Gasteiger partial charge < -0.3 is 10.2 Å². The third-order valence-corrected chi connectivity index (χ3v) is 4.75. The maximum atomic E-state index is 9.46. The van der Waals surface area contributed by atoms with E-state index >= 15 is 0 Å². The fourth-order valence-electron chi connectivity index (χ4n) is 2.81. The first-order valence-electron chi connectivity index (χ1n) is 8.09. The Morgan fingerprint density at radius 3 is 2.09 bits per heavy atom. The lowest BCUT2D eigenvalue weighted by atomic mass is 9.84. The van der Waals surface area contributed by atoms with Crippen molar-refractivity contribution in [1.29, 1.82) is 0 Å². The van der Waals surface area contributed by atoms with Crippen molar-refractivity contribution in [2.45, 2.75) is 40.5 Å². The molecule has 2 N–H and O–H groups in total. The van der Waals surface area contributed by atoms with Crippen LogP contribution in [0.25, 0.3) is 10.8 Å². The Morgan fingerprint density at radius 1 is 0.870 bits per heavy atom. The van der Waals surface area contributed by atoms with Gasteiger partial charge in [0.05, 0.1) is 5.02 Å². The summed E-state index contributed by atoms with van der Waals surface area (Å²) in [6, 6.07) is 10.5. The van der Waals surface area contributed by atoms with Crippen LogP contribution in [-0.4, -0.2) is 23.4 Å². The van der Waals surface area contributed by atoms with Crippen LogP contribution in [0.15, 0.2) is 30.3 Å². The highest BCUT2D eigenvalue weighted by atomic mass is 35.5. The van der Waals surface area contributed by atoms with Gasteiger partial charge in [-0.05, 0) is 40.2 Å². The molecule has 0 fully saturated rings. The quantitative estimate of drug-likeness (QED) is 0.809. The molecule has 0 aliphatic carbocycles. The molecular formula is C20H27ClO2. The lowest BCUT2D eigenvalue weighted by Gasteiger charge is -2.23. The second-order valence-electron chi connectivity index (χ2n) is 8.09. The average Bonchev–Trinajstić information content (AvgIpc) is 2.50. The first-order chi connectivity index (χ1) is 10.7. The monoisotopic (exact) mass is 334 g/mol. The molecule has 0 unspecified atom stereocenters. The van der Waals surface area contributed by atoms with E-state index in [0.29, 0.717) is 0 Å². The van der Waals surface area contributed by atoms with Crippen LogP contribution in [0.3, 0.4) is 0 Å². The summed E-state index contributed by atoms with van der Waals surface area (Å²) in [5.74, 6) is 0. The van der Waals surface area contributed by atoms with Crippen molar-refractivity contribution < 1.29 is 10.2 Å². The van der Waals surface area contributed by atoms with Crippen LogP contribution in [0.4, 0.5) is 0 Å². The largest absolute Gasteiger partial charge is 0.396 e. The number of aliphatic hydroxyl groups is 2. The van der Waals surface area contributed by atoms with Crippen LogP contribution >= 0.6 is 11.6 Å². The number of halogens is 1. The molecule has 2 aromatic rings. The molecule has 0 bridgehead atoms. The Morgan fingerprint density at radius 2 is 1.48 bits per heavy atom. The Kier molecular flexibility index (Phi) is 5.40. The van der Waals surface area contributed by atoms with E-state index in [1.165, 1.54) is 5.56 Å². The van der Waals surface area contributed by atoms with E-state index in [2.05, 4.69) is 44.2 Å². The second-order valence-corrected chi connectivity index (χ2v) is 8.47. The van der Waals surface area contributed by atoms with Gasteiger partial charge >= 0.3 is 0 Å². The number of benzene rings is 2. The van der Waals surface area contributed by atoms with E-state index in [4.69, 9.17) is 11.6 Å². The Bertz CT molecular complexity index is 689. The summed E-state index contributed by atoms with van der Waals surface area (Å²) < 4.78 is 0. The highest BCUT2D eigenvalue weighted by Crippen LogP contribution is 2.33. The molecule has 0 saturated carbocycles. The van der Waals surface area contributed by atoms with E-state index in [9.17, 15) is 10.2 Å². The highest BCUT2D eigenvalue weighted by Gasteiger charge is 2.20. The SMILES string of the molecule is CC(C)(CO)Cc1ccc2c(Cl)c(CC(C)(C)CO)ccc2c1. The highest BCUT2D eigenvalue weighted by molar-refractivity contribution is 6.36. The number of rotatable bonds is 6. The molecule has 0 radical (unpaired) electrons. The van der Waals surface area contributed by atoms with Crippen molar-refractivity contribution in [3.8, 4) is 0 Å². The summed E-state index contributed by atoms with van der Waals surface area (Å²) in [6.45, 7) is 8.49. The summed E-state index contributed by atoms with van der Waals surface area (Å²) in [6.07, 6.45) is 1.58. The first kappa shape index (κ1) is 18.3. The minimum absolute atomic E-state index is 0.122. The van der Waals surface area contributed by atoms with Crippen LogP contribution in [0.2, 0.25) is 5.02 Å². The van der Waals surface area contributed by atoms with Crippen LogP contribution in [0, 0.1) is 10.8 Å². The molecule has 0 aromatic heterocycles. The number of hydrogen-bond acceptors (Lipinski definition) is 2. The third-order valence-electron chi connectivity index (χ3n) is 4.31. The molecular weight excluding hydrogens is 308 g/mol. The van der Waals surface area contributed by atoms with Crippen molar-refractivity contribution >= 4 is 22.4 Å². The van der Waals surface area contributed by atoms with Crippen molar-refractivity contribution in [3.63, 3.8) is 0 Å². The van der Waals surface area contributed by atoms with Gasteiger partial charge in [0.15, 0.2) is 0 Å². The van der Waals surface area contributed by atoms with Gasteiger partial charge in [-0.1, -0.05) is 69.6 Å². The van der Waals surface area contributed by atoms with Crippen LogP contribution in [0.1, 0.15) is 38.8 Å². The van der Waals surface area contributed by atoms with Crippen molar-refractivity contribution in [1.82, 2.24) is 0 Å². The minimum Gasteiger partial charge on any atom is -0.396 e. The van der Waals surface area contributed by atoms with Crippen molar-refractivity contribution in [2.24, 2.45) is 10.8 Å². The predicted octanol–water partition coefficient (Wildman–Crippen LogP) is 4.62. The smallest absolute Gasteiger partial charge is 0.0516 e. The lowest BCUT2D eigenvalue weighted by molar-refractivity contribution is 0.159. The first-order valence-corrected chi connectivity index (χ1v) is 8.47. The van der Waals surface area contributed by atoms with E-state index in [1.807, 2.05) is 13.8 Å². The third kappa shape index (κ3) is 4.47. The zero-order chi connectivity index (χ0) is 17.3. The molecule has 126 valence electrons. The van der Waals surface area contributed by atoms with Crippen molar-refractivity contribution in [3.05, 3.63) is 46.5 Å². The van der Waals surface area contributed by atoms with Gasteiger partial charge in [0.2, 0.25) is 0 Å². The molecule has 2 aromatic carbocycles. The van der Waals surface area contributed by atoms with E-state index in [-0.39, 0.29) is 24.0 Å². The van der Waals surface area contributed by atoms with Gasteiger partial charge in [0.1, 0.15) is 0 Å². The maximum absolute atomic E-state index is 9.46. The lowest BCUT2D eigenvalue weighted by Crippen LogP contribution is -2.20. The van der Waals surface area contributed by atoms with Gasteiger partial charge in [-0.15, -0.1) is 0 Å². The van der Waals surface area contributed by atoms with Gasteiger partial charge in [0, 0.05) is 18.6 Å². The van der Waals surface area contributed by atoms with Crippen LogP contribution < -0.4 is 0 Å². The van der Waals surface area contributed by atoms with E-state index < -0.39 is 0 Å². The minimum atomic E-state index is -0.178. The zero-order valence-electron chi connectivity index (χ0n) is 14.5. The van der Waals surface area contributed by atoms with Gasteiger partial charge in [-0.3, -0.25) is 0 Å². The second kappa shape index (κ2) is 6.80. The van der Waals surface area contributed by atoms with Gasteiger partial charge in [-0.25, -0.2) is 0 Å². The molecule has 0 atom stereocenters. The normalized spacial score (nSPS) is 12.8. The summed E-state index contributed by atoms with van der Waals surface area (Å²) in [7, 11) is 0. The zero-order valence-corrected chi connectivity index (χ0v) is 15.2. The summed E-state index contributed by atoms with van der Waals surface area (Å²) in [5, 5.41) is 21.8. The van der Waals surface area contributed by atoms with Crippen LogP contribution in [0.5, 0.6) is 0 Å². The molecule has 2 nitrogen and oxygen atoms in total. The van der Waals surface area contributed by atoms with Crippen LogP contribution in [-0.2, 0) is 12.8 Å². The topological polar surface area (TPSA) is 40.5 Å².